The van der Waals surface area contributed by atoms with Gasteiger partial charge in [0.25, 0.3) is 5.91 Å². The summed E-state index contributed by atoms with van der Waals surface area (Å²) in [5.74, 6) is -3.14. The Morgan fingerprint density at radius 2 is 1.60 bits per heavy atom. The predicted octanol–water partition coefficient (Wildman–Crippen LogP) is 3.47. The highest BCUT2D eigenvalue weighted by Gasteiger charge is 2.15. The highest BCUT2D eigenvalue weighted by atomic mass is 35.5. The third kappa shape index (κ3) is 3.31. The van der Waals surface area contributed by atoms with Crippen LogP contribution in [0.2, 0.25) is 5.02 Å². The van der Waals surface area contributed by atoms with Crippen molar-refractivity contribution in [2.24, 2.45) is 0 Å². The molecule has 0 aliphatic heterocycles. The summed E-state index contributed by atoms with van der Waals surface area (Å²) in [6.07, 6.45) is 0. The number of para-hydroxylation sites is 1. The van der Waals surface area contributed by atoms with Crippen LogP contribution < -0.4 is 5.32 Å². The van der Waals surface area contributed by atoms with Gasteiger partial charge in [0.15, 0.2) is 0 Å². The van der Waals surface area contributed by atoms with Gasteiger partial charge in [-0.2, -0.15) is 0 Å². The molecule has 0 atom stereocenters. The molecular weight excluding hydrogens is 348 g/mol. The van der Waals surface area contributed by atoms with Crippen molar-refractivity contribution in [3.05, 3.63) is 64.3 Å². The van der Waals surface area contributed by atoms with Crippen molar-refractivity contribution in [1.82, 2.24) is 4.98 Å². The van der Waals surface area contributed by atoms with Crippen LogP contribution in [-0.4, -0.2) is 33.0 Å². The third-order valence-corrected chi connectivity index (χ3v) is 3.85. The second-order valence-corrected chi connectivity index (χ2v) is 5.66. The highest BCUT2D eigenvalue weighted by Crippen LogP contribution is 2.24. The number of carbonyl (C=O) groups excluding carboxylic acids is 1. The number of anilines is 1. The number of carbonyl (C=O) groups is 3. The predicted molar refractivity (Wildman–Crippen MR) is 91.6 cm³/mol. The first kappa shape index (κ1) is 16.5. The first-order valence-electron chi connectivity index (χ1n) is 7.05. The molecule has 0 saturated heterocycles. The zero-order valence-corrected chi connectivity index (χ0v) is 13.3. The van der Waals surface area contributed by atoms with Crippen LogP contribution in [0.1, 0.15) is 31.2 Å². The number of aromatic amines is 1. The first-order chi connectivity index (χ1) is 11.8. The van der Waals surface area contributed by atoms with Gasteiger partial charge in [0, 0.05) is 11.1 Å². The zero-order valence-electron chi connectivity index (χ0n) is 12.5. The molecule has 0 aliphatic rings. The van der Waals surface area contributed by atoms with Gasteiger partial charge in [-0.05, 0) is 30.3 Å². The molecule has 0 radical (unpaired) electrons. The fourth-order valence-corrected chi connectivity index (χ4v) is 2.62. The van der Waals surface area contributed by atoms with Crippen molar-refractivity contribution < 1.29 is 24.6 Å². The van der Waals surface area contributed by atoms with E-state index in [2.05, 4.69) is 10.3 Å². The standard InChI is InChI=1S/C17H11ClN2O5/c18-12-3-1-2-8-7-13(20-14(8)12)15(21)19-11-5-9(16(22)23)4-10(6-11)17(24)25/h1-7,20H,(H,19,21)(H,22,23)(H,24,25). The van der Waals surface area contributed by atoms with E-state index in [1.807, 2.05) is 0 Å². The Morgan fingerprint density at radius 1 is 0.960 bits per heavy atom. The van der Waals surface area contributed by atoms with Crippen molar-refractivity contribution in [2.75, 3.05) is 5.32 Å². The molecule has 0 unspecified atom stereocenters. The minimum absolute atomic E-state index is 0.0621. The van der Waals surface area contributed by atoms with E-state index in [1.54, 1.807) is 24.3 Å². The van der Waals surface area contributed by atoms with Crippen LogP contribution in [0.4, 0.5) is 5.69 Å². The van der Waals surface area contributed by atoms with Gasteiger partial charge in [0.1, 0.15) is 5.69 Å². The number of carboxylic acids is 2. The van der Waals surface area contributed by atoms with Crippen molar-refractivity contribution in [3.8, 4) is 0 Å². The maximum Gasteiger partial charge on any atom is 0.335 e. The average Bonchev–Trinajstić information content (AvgIpc) is 3.00. The number of carboxylic acid groups (broad SMARTS) is 2. The number of aromatic carboxylic acids is 2. The van der Waals surface area contributed by atoms with E-state index in [0.29, 0.717) is 10.5 Å². The fraction of sp³-hybridized carbons (Fsp3) is 0. The van der Waals surface area contributed by atoms with E-state index in [4.69, 9.17) is 21.8 Å². The molecule has 7 nitrogen and oxygen atoms in total. The molecule has 126 valence electrons. The van der Waals surface area contributed by atoms with E-state index in [-0.39, 0.29) is 22.5 Å². The van der Waals surface area contributed by atoms with E-state index in [1.165, 1.54) is 12.1 Å². The molecule has 1 aromatic heterocycles. The van der Waals surface area contributed by atoms with Crippen LogP contribution in [0.3, 0.4) is 0 Å². The highest BCUT2D eigenvalue weighted by molar-refractivity contribution is 6.35. The van der Waals surface area contributed by atoms with E-state index < -0.39 is 17.8 Å². The SMILES string of the molecule is O=C(O)c1cc(NC(=O)c2cc3cccc(Cl)c3[nH]2)cc(C(=O)O)c1. The molecule has 3 aromatic rings. The molecule has 2 aromatic carbocycles. The van der Waals surface area contributed by atoms with Gasteiger partial charge in [0.05, 0.1) is 21.7 Å². The van der Waals surface area contributed by atoms with Crippen LogP contribution in [0.25, 0.3) is 10.9 Å². The number of fused-ring (bicyclic) bond motifs is 1. The van der Waals surface area contributed by atoms with Crippen molar-refractivity contribution in [2.45, 2.75) is 0 Å². The largest absolute Gasteiger partial charge is 0.478 e. The van der Waals surface area contributed by atoms with Crippen LogP contribution >= 0.6 is 11.6 Å². The summed E-state index contributed by atoms with van der Waals surface area (Å²) in [5.41, 5.74) is 0.386. The van der Waals surface area contributed by atoms with Gasteiger partial charge in [-0.1, -0.05) is 23.7 Å². The number of benzene rings is 2. The van der Waals surface area contributed by atoms with E-state index in [0.717, 1.165) is 11.5 Å². The number of hydrogen-bond donors (Lipinski definition) is 4. The zero-order chi connectivity index (χ0) is 18.1. The monoisotopic (exact) mass is 358 g/mol. The number of hydrogen-bond acceptors (Lipinski definition) is 3. The molecular formula is C17H11ClN2O5. The Balaban J connectivity index is 1.95. The summed E-state index contributed by atoms with van der Waals surface area (Å²) < 4.78 is 0. The lowest BCUT2D eigenvalue weighted by molar-refractivity contribution is 0.0696. The Kier molecular flexibility index (Phi) is 4.16. The van der Waals surface area contributed by atoms with Crippen molar-refractivity contribution in [3.63, 3.8) is 0 Å². The molecule has 25 heavy (non-hydrogen) atoms. The molecule has 1 amide bonds. The van der Waals surface area contributed by atoms with Gasteiger partial charge in [0.2, 0.25) is 0 Å². The Labute approximate surface area is 145 Å². The number of aromatic nitrogens is 1. The number of halogens is 1. The second kappa shape index (κ2) is 6.29. The van der Waals surface area contributed by atoms with Crippen molar-refractivity contribution >= 4 is 46.0 Å². The molecule has 3 rings (SSSR count). The maximum absolute atomic E-state index is 12.4. The number of amides is 1. The normalized spacial score (nSPS) is 10.6. The molecule has 0 saturated carbocycles. The average molecular weight is 359 g/mol. The summed E-state index contributed by atoms with van der Waals surface area (Å²) in [6.45, 7) is 0. The smallest absolute Gasteiger partial charge is 0.335 e. The van der Waals surface area contributed by atoms with E-state index >= 15 is 0 Å². The third-order valence-electron chi connectivity index (χ3n) is 3.53. The van der Waals surface area contributed by atoms with Crippen molar-refractivity contribution in [1.29, 1.82) is 0 Å². The van der Waals surface area contributed by atoms with Gasteiger partial charge in [-0.25, -0.2) is 9.59 Å². The van der Waals surface area contributed by atoms with Crippen LogP contribution in [0.5, 0.6) is 0 Å². The first-order valence-corrected chi connectivity index (χ1v) is 7.43. The van der Waals surface area contributed by atoms with Crippen LogP contribution in [0.15, 0.2) is 42.5 Å². The molecule has 1 heterocycles. The summed E-state index contributed by atoms with van der Waals surface area (Å²) in [5, 5.41) is 21.8. The lowest BCUT2D eigenvalue weighted by Gasteiger charge is -2.07. The topological polar surface area (TPSA) is 119 Å². The molecule has 4 N–H and O–H groups in total. The molecule has 8 heteroatoms. The molecule has 0 aliphatic carbocycles. The number of H-pyrrole nitrogens is 1. The minimum Gasteiger partial charge on any atom is -0.478 e. The van der Waals surface area contributed by atoms with Crippen LogP contribution in [0, 0.1) is 0 Å². The van der Waals surface area contributed by atoms with E-state index in [9.17, 15) is 14.4 Å². The quantitative estimate of drug-likeness (QED) is 0.569. The second-order valence-electron chi connectivity index (χ2n) is 5.25. The molecule has 0 spiro atoms. The lowest BCUT2D eigenvalue weighted by Crippen LogP contribution is -2.14. The fourth-order valence-electron chi connectivity index (χ4n) is 2.39. The minimum atomic E-state index is -1.30. The van der Waals surface area contributed by atoms with Gasteiger partial charge in [-0.3, -0.25) is 4.79 Å². The van der Waals surface area contributed by atoms with Gasteiger partial charge < -0.3 is 20.5 Å². The summed E-state index contributed by atoms with van der Waals surface area (Å²) >= 11 is 6.05. The summed E-state index contributed by atoms with van der Waals surface area (Å²) in [7, 11) is 0. The Morgan fingerprint density at radius 3 is 2.16 bits per heavy atom. The van der Waals surface area contributed by atoms with Gasteiger partial charge in [-0.15, -0.1) is 0 Å². The lowest BCUT2D eigenvalue weighted by atomic mass is 10.1. The summed E-state index contributed by atoms with van der Waals surface area (Å²) in [6, 6.07) is 10.2. The Hall–Kier alpha value is -3.32. The molecule has 0 fully saturated rings. The van der Waals surface area contributed by atoms with Crippen LogP contribution in [-0.2, 0) is 0 Å². The Bertz CT molecular complexity index is 993. The van der Waals surface area contributed by atoms with Gasteiger partial charge >= 0.3 is 11.9 Å². The molecule has 0 bridgehead atoms. The summed E-state index contributed by atoms with van der Waals surface area (Å²) in [4.78, 5) is 37.5. The maximum atomic E-state index is 12.4. The number of nitrogens with one attached hydrogen (secondary N) is 2. The number of rotatable bonds is 4.